The Morgan fingerprint density at radius 1 is 0.955 bits per heavy atom. The lowest BCUT2D eigenvalue weighted by Crippen LogP contribution is -2.15. The molecule has 0 saturated carbocycles. The number of halogens is 3. The van der Waals surface area contributed by atoms with Gasteiger partial charge in [0.15, 0.2) is 0 Å². The van der Waals surface area contributed by atoms with E-state index in [-0.39, 0.29) is 5.91 Å². The van der Waals surface area contributed by atoms with Gasteiger partial charge < -0.3 is 5.32 Å². The van der Waals surface area contributed by atoms with Crippen molar-refractivity contribution in [2.24, 2.45) is 0 Å². The van der Waals surface area contributed by atoms with Crippen molar-refractivity contribution in [2.45, 2.75) is 26.9 Å². The minimum atomic E-state index is -4.38. The molecule has 0 fully saturated rings. The molecule has 0 atom stereocenters. The van der Waals surface area contributed by atoms with Gasteiger partial charge in [0, 0.05) is 11.3 Å². The van der Waals surface area contributed by atoms with Crippen molar-refractivity contribution in [2.75, 3.05) is 5.32 Å². The zero-order valence-electron chi connectivity index (χ0n) is 12.5. The topological polar surface area (TPSA) is 29.1 Å². The van der Waals surface area contributed by atoms with E-state index >= 15 is 0 Å². The summed E-state index contributed by atoms with van der Waals surface area (Å²) in [5, 5.41) is 2.63. The number of nitrogens with one attached hydrogen (secondary N) is 1. The van der Waals surface area contributed by atoms with E-state index in [9.17, 15) is 18.0 Å². The number of carbonyl (C=O) groups is 1. The summed E-state index contributed by atoms with van der Waals surface area (Å²) in [5.41, 5.74) is 2.86. The number of carbonyl (C=O) groups excluding carboxylic acids is 1. The molecule has 0 spiro atoms. The maximum atomic E-state index is 12.5. The number of alkyl halides is 3. The lowest BCUT2D eigenvalue weighted by Gasteiger charge is -2.12. The lowest BCUT2D eigenvalue weighted by atomic mass is 9.99. The summed E-state index contributed by atoms with van der Waals surface area (Å²) in [6, 6.07) is 8.19. The van der Waals surface area contributed by atoms with Crippen LogP contribution in [0.4, 0.5) is 18.9 Å². The van der Waals surface area contributed by atoms with Crippen LogP contribution < -0.4 is 5.32 Å². The summed E-state index contributed by atoms with van der Waals surface area (Å²) < 4.78 is 37.5. The number of hydrogen-bond donors (Lipinski definition) is 1. The van der Waals surface area contributed by atoms with E-state index < -0.39 is 11.7 Å². The Balaban J connectivity index is 2.23. The van der Waals surface area contributed by atoms with Crippen molar-refractivity contribution in [3.63, 3.8) is 0 Å². The van der Waals surface area contributed by atoms with Crippen LogP contribution in [0.25, 0.3) is 0 Å². The Morgan fingerprint density at radius 3 is 1.91 bits per heavy atom. The second kappa shape index (κ2) is 5.83. The van der Waals surface area contributed by atoms with E-state index in [1.54, 1.807) is 0 Å². The van der Waals surface area contributed by atoms with Crippen LogP contribution in [0, 0.1) is 20.8 Å². The third kappa shape index (κ3) is 3.47. The van der Waals surface area contributed by atoms with Crippen LogP contribution in [-0.4, -0.2) is 5.91 Å². The Morgan fingerprint density at radius 2 is 1.45 bits per heavy atom. The summed E-state index contributed by atoms with van der Waals surface area (Å²) in [6.07, 6.45) is -4.38. The van der Waals surface area contributed by atoms with E-state index in [0.717, 1.165) is 28.8 Å². The molecular formula is C17H16F3NO. The molecule has 2 aromatic rings. The van der Waals surface area contributed by atoms with Crippen molar-refractivity contribution in [1.82, 2.24) is 0 Å². The molecule has 5 heteroatoms. The van der Waals surface area contributed by atoms with Crippen LogP contribution in [0.15, 0.2) is 36.4 Å². The highest BCUT2D eigenvalue weighted by atomic mass is 19.4. The minimum absolute atomic E-state index is 0.324. The van der Waals surface area contributed by atoms with Gasteiger partial charge in [-0.3, -0.25) is 4.79 Å². The average Bonchev–Trinajstić information content (AvgIpc) is 2.36. The van der Waals surface area contributed by atoms with E-state index in [1.807, 2.05) is 32.9 Å². The fourth-order valence-electron chi connectivity index (χ4n) is 2.47. The van der Waals surface area contributed by atoms with Crippen LogP contribution >= 0.6 is 0 Å². The van der Waals surface area contributed by atoms with Gasteiger partial charge in [-0.1, -0.05) is 17.7 Å². The second-order valence-electron chi connectivity index (χ2n) is 5.30. The van der Waals surface area contributed by atoms with Gasteiger partial charge in [-0.15, -0.1) is 0 Å². The molecule has 0 unspecified atom stereocenters. The zero-order valence-corrected chi connectivity index (χ0v) is 12.5. The molecule has 2 aromatic carbocycles. The normalized spacial score (nSPS) is 11.4. The van der Waals surface area contributed by atoms with E-state index in [0.29, 0.717) is 11.3 Å². The molecule has 116 valence electrons. The Hall–Kier alpha value is -2.30. The zero-order chi connectivity index (χ0) is 16.5. The molecule has 1 amide bonds. The van der Waals surface area contributed by atoms with Crippen molar-refractivity contribution >= 4 is 11.6 Å². The highest BCUT2D eigenvalue weighted by Crippen LogP contribution is 2.30. The third-order valence-electron chi connectivity index (χ3n) is 3.37. The highest BCUT2D eigenvalue weighted by Gasteiger charge is 2.30. The average molecular weight is 307 g/mol. The maximum Gasteiger partial charge on any atom is 0.416 e. The first-order valence-corrected chi connectivity index (χ1v) is 6.75. The van der Waals surface area contributed by atoms with Crippen LogP contribution in [0.2, 0.25) is 0 Å². The minimum Gasteiger partial charge on any atom is -0.322 e. The van der Waals surface area contributed by atoms with Crippen molar-refractivity contribution in [3.8, 4) is 0 Å². The number of hydrogen-bond acceptors (Lipinski definition) is 1. The Kier molecular flexibility index (Phi) is 4.26. The second-order valence-corrected chi connectivity index (χ2v) is 5.30. The fourth-order valence-corrected chi connectivity index (χ4v) is 2.47. The summed E-state index contributed by atoms with van der Waals surface area (Å²) in [5.74, 6) is -0.324. The van der Waals surface area contributed by atoms with Gasteiger partial charge in [-0.2, -0.15) is 13.2 Å². The molecule has 0 heterocycles. The molecule has 0 saturated heterocycles. The van der Waals surface area contributed by atoms with Gasteiger partial charge in [0.05, 0.1) is 5.56 Å². The number of benzene rings is 2. The third-order valence-corrected chi connectivity index (χ3v) is 3.37. The molecule has 2 rings (SSSR count). The fraction of sp³-hybridized carbons (Fsp3) is 0.235. The molecule has 0 aromatic heterocycles. The molecule has 1 N–H and O–H groups in total. The standard InChI is InChI=1S/C17H16F3NO/c1-10-8-11(2)15(12(3)9-10)16(22)21-14-6-4-13(5-7-14)17(18,19)20/h4-9H,1-3H3,(H,21,22). The highest BCUT2D eigenvalue weighted by molar-refractivity contribution is 6.06. The van der Waals surface area contributed by atoms with Crippen LogP contribution in [0.1, 0.15) is 32.6 Å². The molecule has 0 aliphatic carbocycles. The van der Waals surface area contributed by atoms with E-state index in [4.69, 9.17) is 0 Å². The summed E-state index contributed by atoms with van der Waals surface area (Å²) in [7, 11) is 0. The van der Waals surface area contributed by atoms with E-state index in [2.05, 4.69) is 5.32 Å². The summed E-state index contributed by atoms with van der Waals surface area (Å²) in [4.78, 5) is 12.3. The maximum absolute atomic E-state index is 12.5. The monoisotopic (exact) mass is 307 g/mol. The first-order valence-electron chi connectivity index (χ1n) is 6.75. The first kappa shape index (κ1) is 16.1. The SMILES string of the molecule is Cc1cc(C)c(C(=O)Nc2ccc(C(F)(F)F)cc2)c(C)c1. The number of amides is 1. The van der Waals surface area contributed by atoms with E-state index in [1.165, 1.54) is 12.1 Å². The van der Waals surface area contributed by atoms with Crippen LogP contribution in [0.5, 0.6) is 0 Å². The number of aryl methyl sites for hydroxylation is 3. The quantitative estimate of drug-likeness (QED) is 0.841. The lowest BCUT2D eigenvalue weighted by molar-refractivity contribution is -0.137. The molecule has 22 heavy (non-hydrogen) atoms. The molecule has 0 bridgehead atoms. The molecule has 0 aliphatic rings. The van der Waals surface area contributed by atoms with Crippen molar-refractivity contribution in [1.29, 1.82) is 0 Å². The van der Waals surface area contributed by atoms with Gasteiger partial charge in [0.2, 0.25) is 0 Å². The van der Waals surface area contributed by atoms with Crippen molar-refractivity contribution in [3.05, 3.63) is 64.2 Å². The predicted octanol–water partition coefficient (Wildman–Crippen LogP) is 4.88. The molecule has 0 radical (unpaired) electrons. The van der Waals surface area contributed by atoms with Gasteiger partial charge in [0.1, 0.15) is 0 Å². The summed E-state index contributed by atoms with van der Waals surface area (Å²) >= 11 is 0. The first-order chi connectivity index (χ1) is 10.2. The molecular weight excluding hydrogens is 291 g/mol. The predicted molar refractivity (Wildman–Crippen MR) is 80.1 cm³/mol. The van der Waals surface area contributed by atoms with Crippen LogP contribution in [-0.2, 0) is 6.18 Å². The van der Waals surface area contributed by atoms with Gasteiger partial charge in [-0.05, 0) is 56.2 Å². The Labute approximate surface area is 127 Å². The van der Waals surface area contributed by atoms with Crippen LogP contribution in [0.3, 0.4) is 0 Å². The van der Waals surface area contributed by atoms with Gasteiger partial charge in [-0.25, -0.2) is 0 Å². The largest absolute Gasteiger partial charge is 0.416 e. The number of anilines is 1. The number of rotatable bonds is 2. The van der Waals surface area contributed by atoms with Gasteiger partial charge >= 0.3 is 6.18 Å². The van der Waals surface area contributed by atoms with Gasteiger partial charge in [0.25, 0.3) is 5.91 Å². The molecule has 0 aliphatic heterocycles. The molecule has 2 nitrogen and oxygen atoms in total. The smallest absolute Gasteiger partial charge is 0.322 e. The van der Waals surface area contributed by atoms with Crippen molar-refractivity contribution < 1.29 is 18.0 Å². The summed E-state index contributed by atoms with van der Waals surface area (Å²) in [6.45, 7) is 5.61. The Bertz CT molecular complexity index is 680.